The third-order valence-corrected chi connectivity index (χ3v) is 3.71. The molecule has 0 spiro atoms. The maximum atomic E-state index is 12.0. The minimum Gasteiger partial charge on any atom is -0.385 e. The van der Waals surface area contributed by atoms with Crippen LogP contribution in [0.25, 0.3) is 0 Å². The number of anilines is 1. The number of rotatable bonds is 5. The summed E-state index contributed by atoms with van der Waals surface area (Å²) in [6, 6.07) is 14.9. The lowest BCUT2D eigenvalue weighted by Gasteiger charge is -2.09. The predicted octanol–water partition coefficient (Wildman–Crippen LogP) is 2.89. The summed E-state index contributed by atoms with van der Waals surface area (Å²) in [6.07, 6.45) is 0. The zero-order chi connectivity index (χ0) is 13.7. The van der Waals surface area contributed by atoms with Crippen LogP contribution in [0.2, 0.25) is 0 Å². The molecule has 2 aromatic carbocycles. The molecule has 0 atom stereocenters. The van der Waals surface area contributed by atoms with Gasteiger partial charge in [-0.15, -0.1) is 0 Å². The predicted molar refractivity (Wildman–Crippen MR) is 74.9 cm³/mol. The molecule has 0 unspecified atom stereocenters. The number of hydrogen-bond acceptors (Lipinski definition) is 4. The van der Waals surface area contributed by atoms with Gasteiger partial charge < -0.3 is 9.50 Å². The zero-order valence-electron chi connectivity index (χ0n) is 10.5. The summed E-state index contributed by atoms with van der Waals surface area (Å²) in [4.78, 5) is 0.142. The molecule has 0 bridgehead atoms. The first-order chi connectivity index (χ1) is 9.12. The van der Waals surface area contributed by atoms with Gasteiger partial charge in [0.05, 0.1) is 0 Å². The van der Waals surface area contributed by atoms with Gasteiger partial charge in [-0.2, -0.15) is 8.42 Å². The van der Waals surface area contributed by atoms with Gasteiger partial charge in [-0.25, -0.2) is 0 Å². The van der Waals surface area contributed by atoms with Gasteiger partial charge in [0, 0.05) is 18.3 Å². The van der Waals surface area contributed by atoms with E-state index in [0.717, 1.165) is 12.2 Å². The van der Waals surface area contributed by atoms with Gasteiger partial charge >= 0.3 is 10.1 Å². The SMILES string of the molecule is CCNc1cccc(OS(=O)(=O)c2ccccc2)c1. The van der Waals surface area contributed by atoms with Gasteiger partial charge in [0.1, 0.15) is 10.6 Å². The summed E-state index contributed by atoms with van der Waals surface area (Å²) < 4.78 is 29.2. The van der Waals surface area contributed by atoms with Crippen molar-refractivity contribution >= 4 is 15.8 Å². The van der Waals surface area contributed by atoms with Crippen LogP contribution in [-0.4, -0.2) is 15.0 Å². The van der Waals surface area contributed by atoms with E-state index in [2.05, 4.69) is 5.32 Å². The fourth-order valence-corrected chi connectivity index (χ4v) is 2.57. The maximum Gasteiger partial charge on any atom is 0.339 e. The Bertz CT molecular complexity index is 639. The highest BCUT2D eigenvalue weighted by molar-refractivity contribution is 7.87. The van der Waals surface area contributed by atoms with Crippen molar-refractivity contribution in [3.63, 3.8) is 0 Å². The Balaban J connectivity index is 2.23. The first kappa shape index (κ1) is 13.4. The fourth-order valence-electron chi connectivity index (χ4n) is 1.62. The van der Waals surface area contributed by atoms with E-state index in [1.165, 1.54) is 12.1 Å². The molecule has 4 nitrogen and oxygen atoms in total. The third-order valence-electron chi connectivity index (χ3n) is 2.45. The molecule has 0 aliphatic carbocycles. The van der Waals surface area contributed by atoms with E-state index in [4.69, 9.17) is 4.18 Å². The summed E-state index contributed by atoms with van der Waals surface area (Å²) in [7, 11) is -3.77. The van der Waals surface area contributed by atoms with E-state index >= 15 is 0 Å². The van der Waals surface area contributed by atoms with Crippen molar-refractivity contribution in [3.8, 4) is 5.75 Å². The molecule has 0 aliphatic rings. The van der Waals surface area contributed by atoms with Gasteiger partial charge in [-0.05, 0) is 31.2 Å². The molecule has 0 saturated heterocycles. The van der Waals surface area contributed by atoms with Gasteiger partial charge in [-0.3, -0.25) is 0 Å². The topological polar surface area (TPSA) is 55.4 Å². The van der Waals surface area contributed by atoms with E-state index < -0.39 is 10.1 Å². The molecule has 0 heterocycles. The average Bonchev–Trinajstić information content (AvgIpc) is 2.40. The van der Waals surface area contributed by atoms with Crippen LogP contribution < -0.4 is 9.50 Å². The molecule has 100 valence electrons. The molecule has 0 aliphatic heterocycles. The van der Waals surface area contributed by atoms with Crippen molar-refractivity contribution in [2.45, 2.75) is 11.8 Å². The second kappa shape index (κ2) is 5.75. The maximum absolute atomic E-state index is 12.0. The van der Waals surface area contributed by atoms with Crippen LogP contribution in [0.3, 0.4) is 0 Å². The highest BCUT2D eigenvalue weighted by Gasteiger charge is 2.15. The van der Waals surface area contributed by atoms with Gasteiger partial charge in [-0.1, -0.05) is 24.3 Å². The lowest BCUT2D eigenvalue weighted by atomic mass is 10.3. The molecule has 19 heavy (non-hydrogen) atoms. The van der Waals surface area contributed by atoms with Crippen LogP contribution >= 0.6 is 0 Å². The number of hydrogen-bond donors (Lipinski definition) is 1. The Kier molecular flexibility index (Phi) is 4.06. The summed E-state index contributed by atoms with van der Waals surface area (Å²) in [6.45, 7) is 2.73. The monoisotopic (exact) mass is 277 g/mol. The van der Waals surface area contributed by atoms with Crippen molar-refractivity contribution < 1.29 is 12.6 Å². The summed E-state index contributed by atoms with van der Waals surface area (Å²) in [5, 5.41) is 3.10. The molecule has 1 N–H and O–H groups in total. The first-order valence-electron chi connectivity index (χ1n) is 5.95. The molecular weight excluding hydrogens is 262 g/mol. The Morgan fingerprint density at radius 1 is 1.05 bits per heavy atom. The number of benzene rings is 2. The second-order valence-electron chi connectivity index (χ2n) is 3.91. The van der Waals surface area contributed by atoms with Crippen molar-refractivity contribution in [2.24, 2.45) is 0 Å². The molecular formula is C14H15NO3S. The van der Waals surface area contributed by atoms with Crippen LogP contribution in [0.15, 0.2) is 59.5 Å². The standard InChI is InChI=1S/C14H15NO3S/c1-2-15-12-7-6-8-13(11-12)18-19(16,17)14-9-4-3-5-10-14/h3-11,15H,2H2,1H3. The van der Waals surface area contributed by atoms with E-state index in [1.807, 2.05) is 13.0 Å². The van der Waals surface area contributed by atoms with Crippen LogP contribution in [0.1, 0.15) is 6.92 Å². The molecule has 5 heteroatoms. The van der Waals surface area contributed by atoms with E-state index in [-0.39, 0.29) is 4.90 Å². The molecule has 0 amide bonds. The Morgan fingerprint density at radius 2 is 1.79 bits per heavy atom. The first-order valence-corrected chi connectivity index (χ1v) is 7.36. The highest BCUT2D eigenvalue weighted by atomic mass is 32.2. The van der Waals surface area contributed by atoms with Crippen LogP contribution in [0.4, 0.5) is 5.69 Å². The summed E-state index contributed by atoms with van der Waals surface area (Å²) >= 11 is 0. The smallest absolute Gasteiger partial charge is 0.339 e. The van der Waals surface area contributed by atoms with Gasteiger partial charge in [0.25, 0.3) is 0 Å². The molecule has 2 rings (SSSR count). The van der Waals surface area contributed by atoms with E-state index in [9.17, 15) is 8.42 Å². The minimum absolute atomic E-state index is 0.142. The van der Waals surface area contributed by atoms with Gasteiger partial charge in [0.2, 0.25) is 0 Å². The Hall–Kier alpha value is -2.01. The molecule has 0 fully saturated rings. The van der Waals surface area contributed by atoms with Crippen LogP contribution in [-0.2, 0) is 10.1 Å². The highest BCUT2D eigenvalue weighted by Crippen LogP contribution is 2.21. The van der Waals surface area contributed by atoms with Crippen molar-refractivity contribution in [1.29, 1.82) is 0 Å². The fraction of sp³-hybridized carbons (Fsp3) is 0.143. The number of nitrogens with one attached hydrogen (secondary N) is 1. The molecule has 0 aromatic heterocycles. The lowest BCUT2D eigenvalue weighted by molar-refractivity contribution is 0.486. The Morgan fingerprint density at radius 3 is 2.47 bits per heavy atom. The van der Waals surface area contributed by atoms with Crippen molar-refractivity contribution in [2.75, 3.05) is 11.9 Å². The molecule has 0 saturated carbocycles. The van der Waals surface area contributed by atoms with Crippen molar-refractivity contribution in [3.05, 3.63) is 54.6 Å². The largest absolute Gasteiger partial charge is 0.385 e. The van der Waals surface area contributed by atoms with E-state index in [1.54, 1.807) is 36.4 Å². The van der Waals surface area contributed by atoms with Crippen LogP contribution in [0, 0.1) is 0 Å². The third kappa shape index (κ3) is 3.48. The summed E-state index contributed by atoms with van der Waals surface area (Å²) in [5.41, 5.74) is 0.822. The van der Waals surface area contributed by atoms with Crippen LogP contribution in [0.5, 0.6) is 5.75 Å². The Labute approximate surface area is 113 Å². The average molecular weight is 277 g/mol. The quantitative estimate of drug-likeness (QED) is 0.854. The molecule has 2 aromatic rings. The van der Waals surface area contributed by atoms with Gasteiger partial charge in [0.15, 0.2) is 0 Å². The zero-order valence-corrected chi connectivity index (χ0v) is 11.4. The summed E-state index contributed by atoms with van der Waals surface area (Å²) in [5.74, 6) is 0.294. The lowest BCUT2D eigenvalue weighted by Crippen LogP contribution is -2.09. The normalized spacial score (nSPS) is 11.0. The molecule has 0 radical (unpaired) electrons. The van der Waals surface area contributed by atoms with E-state index in [0.29, 0.717) is 5.75 Å². The second-order valence-corrected chi connectivity index (χ2v) is 5.45. The minimum atomic E-state index is -3.77. The van der Waals surface area contributed by atoms with Crippen molar-refractivity contribution in [1.82, 2.24) is 0 Å².